The minimum absolute atomic E-state index is 0.491. The van der Waals surface area contributed by atoms with Gasteiger partial charge in [-0.15, -0.1) is 0 Å². The summed E-state index contributed by atoms with van der Waals surface area (Å²) in [4.78, 5) is 11.6. The summed E-state index contributed by atoms with van der Waals surface area (Å²) in [5.74, 6) is 0.491. The van der Waals surface area contributed by atoms with Crippen molar-refractivity contribution in [1.82, 2.24) is 0 Å². The van der Waals surface area contributed by atoms with E-state index in [2.05, 4.69) is 6.42 Å². The molecule has 0 N–H and O–H groups in total. The molecule has 1 rings (SSSR count). The largest absolute Gasteiger partial charge is 0.300 e. The molecular formula is C16H29O. The standard InChI is InChI=1S/C16H29O/c17-16-14-12-10-8-6-4-2-1-3-5-7-9-11-13-15-16/h8H,1-7,9-15H2. The van der Waals surface area contributed by atoms with Crippen molar-refractivity contribution in [3.8, 4) is 0 Å². The minimum atomic E-state index is 0.491. The zero-order valence-corrected chi connectivity index (χ0v) is 11.4. The maximum absolute atomic E-state index is 11.6. The highest BCUT2D eigenvalue weighted by Crippen LogP contribution is 2.14. The molecule has 0 bridgehead atoms. The predicted molar refractivity (Wildman–Crippen MR) is 73.9 cm³/mol. The zero-order valence-electron chi connectivity index (χ0n) is 11.4. The molecule has 1 heteroatoms. The van der Waals surface area contributed by atoms with Crippen LogP contribution in [0.3, 0.4) is 0 Å². The first-order chi connectivity index (χ1) is 8.39. The van der Waals surface area contributed by atoms with E-state index in [9.17, 15) is 4.79 Å². The summed E-state index contributed by atoms with van der Waals surface area (Å²) in [6, 6.07) is 0. The first-order valence-electron chi connectivity index (χ1n) is 7.73. The highest BCUT2D eigenvalue weighted by atomic mass is 16.1. The van der Waals surface area contributed by atoms with Gasteiger partial charge < -0.3 is 0 Å². The molecule has 1 nitrogen and oxygen atoms in total. The predicted octanol–water partition coefficient (Wildman–Crippen LogP) is 5.23. The van der Waals surface area contributed by atoms with Crippen molar-refractivity contribution in [3.05, 3.63) is 6.42 Å². The average molecular weight is 237 g/mol. The Morgan fingerprint density at radius 1 is 0.588 bits per heavy atom. The molecule has 1 aliphatic rings. The fourth-order valence-corrected chi connectivity index (χ4v) is 2.56. The van der Waals surface area contributed by atoms with Gasteiger partial charge in [0.05, 0.1) is 0 Å². The summed E-state index contributed by atoms with van der Waals surface area (Å²) in [6.45, 7) is 0. The van der Waals surface area contributed by atoms with Gasteiger partial charge >= 0.3 is 0 Å². The number of carbonyl (C=O) groups excluding carboxylic acids is 1. The molecule has 0 spiro atoms. The fourth-order valence-electron chi connectivity index (χ4n) is 2.56. The van der Waals surface area contributed by atoms with E-state index in [0.29, 0.717) is 5.78 Å². The summed E-state index contributed by atoms with van der Waals surface area (Å²) in [5.41, 5.74) is 0. The average Bonchev–Trinajstić information content (AvgIpc) is 2.32. The van der Waals surface area contributed by atoms with Gasteiger partial charge in [0.2, 0.25) is 0 Å². The number of ketones is 1. The summed E-state index contributed by atoms with van der Waals surface area (Å²) in [7, 11) is 0. The quantitative estimate of drug-likeness (QED) is 0.563. The Hall–Kier alpha value is -0.330. The third-order valence-corrected chi connectivity index (χ3v) is 3.73. The molecule has 99 valence electrons. The highest BCUT2D eigenvalue weighted by Gasteiger charge is 2.02. The Kier molecular flexibility index (Phi) is 9.36. The van der Waals surface area contributed by atoms with Crippen LogP contribution in [0.4, 0.5) is 0 Å². The van der Waals surface area contributed by atoms with Gasteiger partial charge in [-0.3, -0.25) is 4.79 Å². The molecule has 1 aliphatic carbocycles. The molecule has 1 fully saturated rings. The molecule has 1 saturated carbocycles. The van der Waals surface area contributed by atoms with E-state index in [1.165, 1.54) is 57.8 Å². The second-order valence-corrected chi connectivity index (χ2v) is 5.44. The first-order valence-corrected chi connectivity index (χ1v) is 7.73. The molecule has 0 atom stereocenters. The van der Waals surface area contributed by atoms with E-state index in [-0.39, 0.29) is 0 Å². The van der Waals surface area contributed by atoms with Crippen LogP contribution in [0, 0.1) is 6.42 Å². The van der Waals surface area contributed by atoms with Gasteiger partial charge in [-0.1, -0.05) is 57.8 Å². The Labute approximate surface area is 107 Å². The van der Waals surface area contributed by atoms with Crippen LogP contribution in [0.1, 0.15) is 89.9 Å². The van der Waals surface area contributed by atoms with Gasteiger partial charge in [0.1, 0.15) is 5.78 Å². The Bertz CT molecular complexity index is 168. The van der Waals surface area contributed by atoms with Crippen LogP contribution >= 0.6 is 0 Å². The van der Waals surface area contributed by atoms with Crippen molar-refractivity contribution in [2.45, 2.75) is 89.9 Å². The van der Waals surface area contributed by atoms with Crippen LogP contribution in [0.5, 0.6) is 0 Å². The Morgan fingerprint density at radius 3 is 1.76 bits per heavy atom. The smallest absolute Gasteiger partial charge is 0.132 e. The Balaban J connectivity index is 2.11. The molecule has 0 aromatic heterocycles. The molecule has 17 heavy (non-hydrogen) atoms. The second-order valence-electron chi connectivity index (χ2n) is 5.44. The van der Waals surface area contributed by atoms with Crippen LogP contribution in [0.15, 0.2) is 0 Å². The lowest BCUT2D eigenvalue weighted by Gasteiger charge is -2.05. The molecule has 0 aromatic rings. The highest BCUT2D eigenvalue weighted by molar-refractivity contribution is 5.78. The SMILES string of the molecule is O=C1CCC[CH]CCCCCCCCCCC1. The van der Waals surface area contributed by atoms with Crippen molar-refractivity contribution in [1.29, 1.82) is 0 Å². The first kappa shape index (κ1) is 14.7. The van der Waals surface area contributed by atoms with E-state index >= 15 is 0 Å². The molecular weight excluding hydrogens is 208 g/mol. The fraction of sp³-hybridized carbons (Fsp3) is 0.875. The maximum Gasteiger partial charge on any atom is 0.132 e. The van der Waals surface area contributed by atoms with Crippen LogP contribution in [-0.2, 0) is 4.79 Å². The maximum atomic E-state index is 11.6. The van der Waals surface area contributed by atoms with Crippen molar-refractivity contribution in [3.63, 3.8) is 0 Å². The third-order valence-electron chi connectivity index (χ3n) is 3.73. The number of hydrogen-bond donors (Lipinski definition) is 0. The molecule has 0 amide bonds. The van der Waals surface area contributed by atoms with Crippen LogP contribution < -0.4 is 0 Å². The van der Waals surface area contributed by atoms with Crippen LogP contribution in [-0.4, -0.2) is 5.78 Å². The monoisotopic (exact) mass is 237 g/mol. The normalized spacial score (nSPS) is 23.4. The topological polar surface area (TPSA) is 17.1 Å². The van der Waals surface area contributed by atoms with Gasteiger partial charge in [-0.2, -0.15) is 0 Å². The van der Waals surface area contributed by atoms with E-state index < -0.39 is 0 Å². The van der Waals surface area contributed by atoms with Gasteiger partial charge in [0, 0.05) is 12.8 Å². The van der Waals surface area contributed by atoms with Gasteiger partial charge in [-0.05, 0) is 25.7 Å². The summed E-state index contributed by atoms with van der Waals surface area (Å²) < 4.78 is 0. The van der Waals surface area contributed by atoms with Gasteiger partial charge in [0.15, 0.2) is 0 Å². The summed E-state index contributed by atoms with van der Waals surface area (Å²) in [5, 5.41) is 0. The van der Waals surface area contributed by atoms with E-state index in [4.69, 9.17) is 0 Å². The lowest BCUT2D eigenvalue weighted by Crippen LogP contribution is -1.98. The van der Waals surface area contributed by atoms with Crippen LogP contribution in [0.25, 0.3) is 0 Å². The molecule has 0 heterocycles. The lowest BCUT2D eigenvalue weighted by molar-refractivity contribution is -0.119. The molecule has 0 aromatic carbocycles. The molecule has 0 unspecified atom stereocenters. The molecule has 0 saturated heterocycles. The molecule has 0 aliphatic heterocycles. The van der Waals surface area contributed by atoms with Crippen molar-refractivity contribution in [2.24, 2.45) is 0 Å². The number of carbonyl (C=O) groups is 1. The van der Waals surface area contributed by atoms with Crippen molar-refractivity contribution in [2.75, 3.05) is 0 Å². The second kappa shape index (κ2) is 10.8. The Morgan fingerprint density at radius 2 is 1.06 bits per heavy atom. The lowest BCUT2D eigenvalue weighted by atomic mass is 10.0. The van der Waals surface area contributed by atoms with Gasteiger partial charge in [0.25, 0.3) is 0 Å². The number of rotatable bonds is 0. The van der Waals surface area contributed by atoms with E-state index in [0.717, 1.165) is 32.1 Å². The summed E-state index contributed by atoms with van der Waals surface area (Å²) >= 11 is 0. The summed E-state index contributed by atoms with van der Waals surface area (Å²) in [6.07, 6.45) is 19.6. The molecule has 1 radical (unpaired) electrons. The van der Waals surface area contributed by atoms with Crippen molar-refractivity contribution < 1.29 is 4.79 Å². The zero-order chi connectivity index (χ0) is 12.2. The minimum Gasteiger partial charge on any atom is -0.300 e. The van der Waals surface area contributed by atoms with E-state index in [1.54, 1.807) is 0 Å². The van der Waals surface area contributed by atoms with Gasteiger partial charge in [-0.25, -0.2) is 0 Å². The third kappa shape index (κ3) is 9.38. The van der Waals surface area contributed by atoms with Crippen LogP contribution in [0.2, 0.25) is 0 Å². The number of hydrogen-bond acceptors (Lipinski definition) is 1. The van der Waals surface area contributed by atoms with E-state index in [1.807, 2.05) is 0 Å². The number of Topliss-reactive ketones (excluding diaryl/α,β-unsaturated/α-hetero) is 1. The van der Waals surface area contributed by atoms with Crippen molar-refractivity contribution >= 4 is 5.78 Å².